The molecule has 2 heterocycles. The Morgan fingerprint density at radius 1 is 1.48 bits per heavy atom. The van der Waals surface area contributed by atoms with Crippen LogP contribution >= 0.6 is 11.3 Å². The zero-order valence-electron chi connectivity index (χ0n) is 11.7. The smallest absolute Gasteiger partial charge is 0.247 e. The van der Waals surface area contributed by atoms with Crippen LogP contribution in [0.2, 0.25) is 0 Å². The minimum absolute atomic E-state index is 0.0305. The van der Waals surface area contributed by atoms with Crippen molar-refractivity contribution in [3.8, 4) is 0 Å². The number of carbonyl (C=O) groups excluding carboxylic acids is 1. The Balaban J connectivity index is 1.62. The second kappa shape index (κ2) is 6.01. The average molecular weight is 297 g/mol. The van der Waals surface area contributed by atoms with Crippen molar-refractivity contribution in [1.29, 1.82) is 0 Å². The van der Waals surface area contributed by atoms with Crippen LogP contribution in [0.5, 0.6) is 0 Å². The van der Waals surface area contributed by atoms with Gasteiger partial charge < -0.3 is 5.32 Å². The molecule has 0 aromatic carbocycles. The fourth-order valence-electron chi connectivity index (χ4n) is 2.16. The molecule has 106 valence electrons. The van der Waals surface area contributed by atoms with Crippen LogP contribution in [0.4, 0.5) is 0 Å². The summed E-state index contributed by atoms with van der Waals surface area (Å²) in [5, 5.41) is 5.98. The standard InChI is InChI=1S/C16H15N3OS/c1-11-19-15(10-21-11)13-4-5-14(7-13)16(20)18-9-12-3-2-6-17-8-12/h2-4,6-8,10H,5,9H2,1H3,(H,18,20). The van der Waals surface area contributed by atoms with Crippen LogP contribution in [-0.2, 0) is 11.3 Å². The van der Waals surface area contributed by atoms with Crippen LogP contribution < -0.4 is 5.32 Å². The van der Waals surface area contributed by atoms with Crippen molar-refractivity contribution in [3.63, 3.8) is 0 Å². The normalized spacial score (nSPS) is 13.8. The number of rotatable bonds is 4. The number of aryl methyl sites for hydroxylation is 1. The summed E-state index contributed by atoms with van der Waals surface area (Å²) in [6.07, 6.45) is 8.10. The number of hydrogen-bond acceptors (Lipinski definition) is 4. The van der Waals surface area contributed by atoms with E-state index in [2.05, 4.69) is 15.3 Å². The Hall–Kier alpha value is -2.27. The fourth-order valence-corrected chi connectivity index (χ4v) is 2.78. The molecule has 1 amide bonds. The number of hydrogen-bond donors (Lipinski definition) is 1. The molecule has 0 aliphatic heterocycles. The predicted octanol–water partition coefficient (Wildman–Crippen LogP) is 2.88. The number of aromatic nitrogens is 2. The van der Waals surface area contributed by atoms with Gasteiger partial charge in [0, 0.05) is 29.9 Å². The van der Waals surface area contributed by atoms with Gasteiger partial charge in [-0.2, -0.15) is 0 Å². The average Bonchev–Trinajstić information content (AvgIpc) is 3.14. The van der Waals surface area contributed by atoms with E-state index in [-0.39, 0.29) is 5.91 Å². The van der Waals surface area contributed by atoms with Crippen LogP contribution in [-0.4, -0.2) is 15.9 Å². The van der Waals surface area contributed by atoms with Gasteiger partial charge in [-0.05, 0) is 36.6 Å². The third kappa shape index (κ3) is 3.25. The van der Waals surface area contributed by atoms with Crippen molar-refractivity contribution < 1.29 is 4.79 Å². The van der Waals surface area contributed by atoms with E-state index in [1.165, 1.54) is 0 Å². The van der Waals surface area contributed by atoms with E-state index in [1.807, 2.05) is 36.6 Å². The summed E-state index contributed by atoms with van der Waals surface area (Å²) in [7, 11) is 0. The summed E-state index contributed by atoms with van der Waals surface area (Å²) in [6.45, 7) is 2.48. The lowest BCUT2D eigenvalue weighted by Crippen LogP contribution is -2.23. The summed E-state index contributed by atoms with van der Waals surface area (Å²) >= 11 is 1.62. The molecule has 0 radical (unpaired) electrons. The third-order valence-corrected chi connectivity index (χ3v) is 4.03. The molecular formula is C16H15N3OS. The highest BCUT2D eigenvalue weighted by molar-refractivity contribution is 7.09. The molecular weight excluding hydrogens is 282 g/mol. The maximum atomic E-state index is 12.1. The number of carbonyl (C=O) groups is 1. The largest absolute Gasteiger partial charge is 0.348 e. The van der Waals surface area contributed by atoms with Gasteiger partial charge in [-0.1, -0.05) is 12.1 Å². The molecule has 0 unspecified atom stereocenters. The van der Waals surface area contributed by atoms with E-state index in [4.69, 9.17) is 0 Å². The highest BCUT2D eigenvalue weighted by Crippen LogP contribution is 2.27. The van der Waals surface area contributed by atoms with Gasteiger partial charge in [0.2, 0.25) is 5.91 Å². The van der Waals surface area contributed by atoms with Crippen LogP contribution in [0.15, 0.2) is 47.6 Å². The van der Waals surface area contributed by atoms with Gasteiger partial charge in [-0.3, -0.25) is 9.78 Å². The van der Waals surface area contributed by atoms with Crippen molar-refractivity contribution in [3.05, 3.63) is 63.9 Å². The lowest BCUT2D eigenvalue weighted by molar-refractivity contribution is -0.117. The highest BCUT2D eigenvalue weighted by atomic mass is 32.1. The van der Waals surface area contributed by atoms with Crippen LogP contribution in [0.25, 0.3) is 5.57 Å². The Labute approximate surface area is 127 Å². The van der Waals surface area contributed by atoms with Gasteiger partial charge >= 0.3 is 0 Å². The van der Waals surface area contributed by atoms with Gasteiger partial charge in [0.25, 0.3) is 0 Å². The SMILES string of the molecule is Cc1nc(C2=CCC(C(=O)NCc3cccnc3)=C2)cs1. The molecule has 0 saturated heterocycles. The summed E-state index contributed by atoms with van der Waals surface area (Å²) in [6, 6.07) is 3.80. The molecule has 0 bridgehead atoms. The van der Waals surface area contributed by atoms with E-state index in [9.17, 15) is 4.79 Å². The number of amides is 1. The Bertz CT molecular complexity index is 716. The van der Waals surface area contributed by atoms with Gasteiger partial charge in [0.1, 0.15) is 0 Å². The summed E-state index contributed by atoms with van der Waals surface area (Å²) in [5.41, 5.74) is 3.76. The molecule has 2 aromatic heterocycles. The van der Waals surface area contributed by atoms with Crippen molar-refractivity contribution in [2.24, 2.45) is 0 Å². The molecule has 1 aliphatic carbocycles. The zero-order chi connectivity index (χ0) is 14.7. The first-order valence-electron chi connectivity index (χ1n) is 6.73. The van der Waals surface area contributed by atoms with E-state index < -0.39 is 0 Å². The van der Waals surface area contributed by atoms with Crippen molar-refractivity contribution >= 4 is 22.8 Å². The van der Waals surface area contributed by atoms with E-state index in [0.717, 1.165) is 27.4 Å². The molecule has 0 fully saturated rings. The zero-order valence-corrected chi connectivity index (χ0v) is 12.5. The van der Waals surface area contributed by atoms with Crippen LogP contribution in [0.1, 0.15) is 22.7 Å². The minimum atomic E-state index is -0.0305. The molecule has 3 rings (SSSR count). The number of allylic oxidation sites excluding steroid dienone is 3. The number of nitrogens with zero attached hydrogens (tertiary/aromatic N) is 2. The molecule has 2 aromatic rings. The van der Waals surface area contributed by atoms with Crippen LogP contribution in [0.3, 0.4) is 0 Å². The van der Waals surface area contributed by atoms with Gasteiger partial charge in [-0.25, -0.2) is 4.98 Å². The second-order valence-electron chi connectivity index (χ2n) is 4.83. The van der Waals surface area contributed by atoms with Gasteiger partial charge in [0.15, 0.2) is 0 Å². The van der Waals surface area contributed by atoms with E-state index in [0.29, 0.717) is 13.0 Å². The second-order valence-corrected chi connectivity index (χ2v) is 5.89. The monoisotopic (exact) mass is 297 g/mol. The Morgan fingerprint density at radius 2 is 2.38 bits per heavy atom. The maximum absolute atomic E-state index is 12.1. The molecule has 1 aliphatic rings. The lowest BCUT2D eigenvalue weighted by atomic mass is 10.2. The summed E-state index contributed by atoms with van der Waals surface area (Å²) in [5.74, 6) is -0.0305. The van der Waals surface area contributed by atoms with Crippen molar-refractivity contribution in [1.82, 2.24) is 15.3 Å². The predicted molar refractivity (Wildman–Crippen MR) is 83.6 cm³/mol. The first-order chi connectivity index (χ1) is 10.2. The molecule has 1 N–H and O–H groups in total. The quantitative estimate of drug-likeness (QED) is 0.944. The first kappa shape index (κ1) is 13.7. The molecule has 21 heavy (non-hydrogen) atoms. The maximum Gasteiger partial charge on any atom is 0.247 e. The van der Waals surface area contributed by atoms with Crippen molar-refractivity contribution in [2.75, 3.05) is 0 Å². The fraction of sp³-hybridized carbons (Fsp3) is 0.188. The number of pyridine rings is 1. The molecule has 0 saturated carbocycles. The van der Waals surface area contributed by atoms with Crippen molar-refractivity contribution in [2.45, 2.75) is 19.9 Å². The topological polar surface area (TPSA) is 54.9 Å². The van der Waals surface area contributed by atoms with E-state index in [1.54, 1.807) is 23.7 Å². The number of nitrogens with one attached hydrogen (secondary N) is 1. The minimum Gasteiger partial charge on any atom is -0.348 e. The number of thiazole rings is 1. The third-order valence-electron chi connectivity index (χ3n) is 3.25. The Kier molecular flexibility index (Phi) is 3.92. The molecule has 0 spiro atoms. The highest BCUT2D eigenvalue weighted by Gasteiger charge is 2.16. The van der Waals surface area contributed by atoms with Crippen LogP contribution in [0, 0.1) is 6.92 Å². The Morgan fingerprint density at radius 3 is 3.10 bits per heavy atom. The van der Waals surface area contributed by atoms with E-state index >= 15 is 0 Å². The lowest BCUT2D eigenvalue weighted by Gasteiger charge is -2.05. The van der Waals surface area contributed by atoms with Gasteiger partial charge in [0.05, 0.1) is 10.7 Å². The molecule has 5 heteroatoms. The molecule has 0 atom stereocenters. The summed E-state index contributed by atoms with van der Waals surface area (Å²) in [4.78, 5) is 20.6. The van der Waals surface area contributed by atoms with Gasteiger partial charge in [-0.15, -0.1) is 11.3 Å². The summed E-state index contributed by atoms with van der Waals surface area (Å²) < 4.78 is 0. The molecule has 4 nitrogen and oxygen atoms in total. The first-order valence-corrected chi connectivity index (χ1v) is 7.60.